The minimum absolute atomic E-state index is 0.177. The zero-order valence-electron chi connectivity index (χ0n) is 12.7. The van der Waals surface area contributed by atoms with E-state index >= 15 is 0 Å². The van der Waals surface area contributed by atoms with Gasteiger partial charge in [-0.15, -0.1) is 0 Å². The predicted octanol–water partition coefficient (Wildman–Crippen LogP) is 1.74. The van der Waals surface area contributed by atoms with Crippen LogP contribution in [0.2, 0.25) is 0 Å². The van der Waals surface area contributed by atoms with Gasteiger partial charge in [-0.2, -0.15) is 5.10 Å². The molecule has 1 amide bonds. The average molecular weight is 287 g/mol. The van der Waals surface area contributed by atoms with Crippen LogP contribution in [0.5, 0.6) is 0 Å². The van der Waals surface area contributed by atoms with Gasteiger partial charge in [0.05, 0.1) is 17.6 Å². The summed E-state index contributed by atoms with van der Waals surface area (Å²) in [5, 5.41) is 10.4. The van der Waals surface area contributed by atoms with E-state index in [0.29, 0.717) is 12.2 Å². The molecular formula is C15H21N5O. The number of pyridine rings is 1. The van der Waals surface area contributed by atoms with Crippen molar-refractivity contribution < 1.29 is 4.79 Å². The van der Waals surface area contributed by atoms with Crippen LogP contribution in [0.1, 0.15) is 35.6 Å². The Hall–Kier alpha value is -2.37. The highest BCUT2D eigenvalue weighted by Gasteiger charge is 2.10. The van der Waals surface area contributed by atoms with Crippen LogP contribution in [0.3, 0.4) is 0 Å². The second kappa shape index (κ2) is 6.88. The van der Waals surface area contributed by atoms with Crippen molar-refractivity contribution in [2.45, 2.75) is 26.8 Å². The highest BCUT2D eigenvalue weighted by atomic mass is 16.1. The number of carbonyl (C=O) groups is 1. The van der Waals surface area contributed by atoms with Gasteiger partial charge in [-0.1, -0.05) is 6.92 Å². The Labute approximate surface area is 124 Å². The van der Waals surface area contributed by atoms with Crippen molar-refractivity contribution >= 4 is 11.6 Å². The van der Waals surface area contributed by atoms with Crippen LogP contribution in [-0.2, 0) is 20.0 Å². The predicted molar refractivity (Wildman–Crippen MR) is 82.2 cm³/mol. The Morgan fingerprint density at radius 1 is 1.33 bits per heavy atom. The first-order valence-electron chi connectivity index (χ1n) is 7.13. The van der Waals surface area contributed by atoms with Gasteiger partial charge in [-0.3, -0.25) is 9.48 Å². The summed E-state index contributed by atoms with van der Waals surface area (Å²) < 4.78 is 1.77. The molecule has 2 rings (SSSR count). The molecule has 0 aliphatic rings. The lowest BCUT2D eigenvalue weighted by Crippen LogP contribution is -2.24. The summed E-state index contributed by atoms with van der Waals surface area (Å²) in [6.07, 6.45) is 4.45. The number of nitrogens with zero attached hydrogens (tertiary/aromatic N) is 3. The Balaban J connectivity index is 1.97. The van der Waals surface area contributed by atoms with Gasteiger partial charge in [0.25, 0.3) is 5.91 Å². The van der Waals surface area contributed by atoms with Crippen molar-refractivity contribution in [2.24, 2.45) is 7.05 Å². The maximum atomic E-state index is 12.1. The molecule has 2 heterocycles. The number of nitrogens with one attached hydrogen (secondary N) is 2. The first kappa shape index (κ1) is 15.0. The van der Waals surface area contributed by atoms with Crippen LogP contribution in [0.15, 0.2) is 24.5 Å². The average Bonchev–Trinajstić information content (AvgIpc) is 2.86. The van der Waals surface area contributed by atoms with Crippen LogP contribution in [-0.4, -0.2) is 27.2 Å². The fraction of sp³-hybridized carbons (Fsp3) is 0.400. The van der Waals surface area contributed by atoms with Gasteiger partial charge in [-0.05, 0) is 25.5 Å². The van der Waals surface area contributed by atoms with E-state index in [0.717, 1.165) is 29.9 Å². The van der Waals surface area contributed by atoms with Gasteiger partial charge in [0.2, 0.25) is 0 Å². The third-order valence-electron chi connectivity index (χ3n) is 3.14. The number of rotatable bonds is 6. The molecule has 112 valence electrons. The molecule has 6 nitrogen and oxygen atoms in total. The summed E-state index contributed by atoms with van der Waals surface area (Å²) in [6.45, 7) is 5.36. The number of hydrogen-bond acceptors (Lipinski definition) is 4. The molecule has 0 spiro atoms. The van der Waals surface area contributed by atoms with Crippen LogP contribution in [0.4, 0.5) is 5.69 Å². The van der Waals surface area contributed by atoms with E-state index in [1.165, 1.54) is 0 Å². The van der Waals surface area contributed by atoms with Crippen LogP contribution in [0.25, 0.3) is 0 Å². The van der Waals surface area contributed by atoms with Crippen LogP contribution >= 0.6 is 0 Å². The molecule has 0 aromatic carbocycles. The van der Waals surface area contributed by atoms with Gasteiger partial charge in [0.1, 0.15) is 5.69 Å². The largest absolute Gasteiger partial charge is 0.384 e. The third-order valence-corrected chi connectivity index (χ3v) is 3.14. The molecule has 0 radical (unpaired) electrons. The number of carbonyl (C=O) groups excluding carboxylic acids is 1. The van der Waals surface area contributed by atoms with Crippen LogP contribution < -0.4 is 10.6 Å². The standard InChI is InChI=1S/C15H21N5O/c1-4-13-11(10-20(3)19-13)8-18-15(21)14-7-6-12(9-17-14)16-5-2/h6-7,9-10,16H,4-5,8H2,1-3H3,(H,18,21). The van der Waals surface area contributed by atoms with Crippen molar-refractivity contribution in [3.05, 3.63) is 41.5 Å². The monoisotopic (exact) mass is 287 g/mol. The molecule has 0 fully saturated rings. The number of anilines is 1. The molecule has 6 heteroatoms. The minimum Gasteiger partial charge on any atom is -0.384 e. The van der Waals surface area contributed by atoms with Crippen molar-refractivity contribution in [1.29, 1.82) is 0 Å². The Bertz CT molecular complexity index is 603. The van der Waals surface area contributed by atoms with E-state index < -0.39 is 0 Å². The topological polar surface area (TPSA) is 71.8 Å². The summed E-state index contributed by atoms with van der Waals surface area (Å²) in [7, 11) is 1.88. The highest BCUT2D eigenvalue weighted by Crippen LogP contribution is 2.08. The first-order valence-corrected chi connectivity index (χ1v) is 7.13. The van der Waals surface area contributed by atoms with E-state index in [1.807, 2.05) is 26.2 Å². The maximum Gasteiger partial charge on any atom is 0.270 e. The normalized spacial score (nSPS) is 10.4. The molecule has 0 aliphatic heterocycles. The fourth-order valence-corrected chi connectivity index (χ4v) is 2.13. The lowest BCUT2D eigenvalue weighted by Gasteiger charge is -2.06. The van der Waals surface area contributed by atoms with E-state index in [1.54, 1.807) is 16.9 Å². The number of hydrogen-bond donors (Lipinski definition) is 2. The maximum absolute atomic E-state index is 12.1. The summed E-state index contributed by atoms with van der Waals surface area (Å²) >= 11 is 0. The molecule has 0 saturated heterocycles. The Kier molecular flexibility index (Phi) is 4.92. The Morgan fingerprint density at radius 2 is 2.14 bits per heavy atom. The van der Waals surface area contributed by atoms with E-state index in [9.17, 15) is 4.79 Å². The highest BCUT2D eigenvalue weighted by molar-refractivity contribution is 5.92. The van der Waals surface area contributed by atoms with Gasteiger partial charge >= 0.3 is 0 Å². The van der Waals surface area contributed by atoms with Crippen molar-refractivity contribution in [2.75, 3.05) is 11.9 Å². The third kappa shape index (κ3) is 3.81. The lowest BCUT2D eigenvalue weighted by molar-refractivity contribution is 0.0946. The molecule has 0 saturated carbocycles. The van der Waals surface area contributed by atoms with Gasteiger partial charge < -0.3 is 10.6 Å². The fourth-order valence-electron chi connectivity index (χ4n) is 2.13. The molecule has 0 atom stereocenters. The lowest BCUT2D eigenvalue weighted by atomic mass is 10.2. The molecule has 2 N–H and O–H groups in total. The summed E-state index contributed by atoms with van der Waals surface area (Å²) in [6, 6.07) is 3.57. The van der Waals surface area contributed by atoms with Gasteiger partial charge in [0, 0.05) is 31.9 Å². The molecular weight excluding hydrogens is 266 g/mol. The van der Waals surface area contributed by atoms with Gasteiger partial charge in [-0.25, -0.2) is 4.98 Å². The van der Waals surface area contributed by atoms with E-state index in [2.05, 4.69) is 27.6 Å². The Morgan fingerprint density at radius 3 is 2.76 bits per heavy atom. The SMILES string of the molecule is CCNc1ccc(C(=O)NCc2cn(C)nc2CC)nc1. The molecule has 21 heavy (non-hydrogen) atoms. The zero-order chi connectivity index (χ0) is 15.2. The minimum atomic E-state index is -0.177. The van der Waals surface area contributed by atoms with Crippen LogP contribution in [0, 0.1) is 0 Å². The molecule has 2 aromatic rings. The van der Waals surface area contributed by atoms with Gasteiger partial charge in [0.15, 0.2) is 0 Å². The molecule has 2 aromatic heterocycles. The molecule has 0 aliphatic carbocycles. The van der Waals surface area contributed by atoms with Crippen molar-refractivity contribution in [3.8, 4) is 0 Å². The molecule has 0 bridgehead atoms. The first-order chi connectivity index (χ1) is 10.1. The molecule has 0 unspecified atom stereocenters. The zero-order valence-corrected chi connectivity index (χ0v) is 12.7. The quantitative estimate of drug-likeness (QED) is 0.849. The summed E-state index contributed by atoms with van der Waals surface area (Å²) in [5.41, 5.74) is 3.37. The number of aryl methyl sites for hydroxylation is 2. The second-order valence-corrected chi connectivity index (χ2v) is 4.77. The summed E-state index contributed by atoms with van der Waals surface area (Å²) in [5.74, 6) is -0.177. The number of aromatic nitrogens is 3. The number of amides is 1. The van der Waals surface area contributed by atoms with E-state index in [4.69, 9.17) is 0 Å². The smallest absolute Gasteiger partial charge is 0.270 e. The van der Waals surface area contributed by atoms with Crippen molar-refractivity contribution in [1.82, 2.24) is 20.1 Å². The summed E-state index contributed by atoms with van der Waals surface area (Å²) in [4.78, 5) is 16.2. The van der Waals surface area contributed by atoms with Crippen molar-refractivity contribution in [3.63, 3.8) is 0 Å². The van der Waals surface area contributed by atoms with E-state index in [-0.39, 0.29) is 5.91 Å². The second-order valence-electron chi connectivity index (χ2n) is 4.77.